The van der Waals surface area contributed by atoms with Gasteiger partial charge < -0.3 is 14.6 Å². The van der Waals surface area contributed by atoms with Gasteiger partial charge in [-0.2, -0.15) is 5.26 Å². The van der Waals surface area contributed by atoms with Gasteiger partial charge in [0.25, 0.3) is 0 Å². The third-order valence-corrected chi connectivity index (χ3v) is 4.54. The predicted octanol–water partition coefficient (Wildman–Crippen LogP) is 2.84. The molecule has 1 unspecified atom stereocenters. The Morgan fingerprint density at radius 3 is 3.04 bits per heavy atom. The van der Waals surface area contributed by atoms with Crippen LogP contribution in [-0.2, 0) is 6.54 Å². The summed E-state index contributed by atoms with van der Waals surface area (Å²) < 4.78 is 5.37. The zero-order valence-corrected chi connectivity index (χ0v) is 13.8. The predicted molar refractivity (Wildman–Crippen MR) is 93.4 cm³/mol. The van der Waals surface area contributed by atoms with Gasteiger partial charge in [-0.3, -0.25) is 0 Å². The van der Waals surface area contributed by atoms with Gasteiger partial charge in [-0.25, -0.2) is 9.97 Å². The second-order valence-corrected chi connectivity index (χ2v) is 5.96. The number of H-pyrrole nitrogens is 1. The first-order valence-electron chi connectivity index (χ1n) is 8.06. The first kappa shape index (κ1) is 15.2. The van der Waals surface area contributed by atoms with E-state index >= 15 is 0 Å². The van der Waals surface area contributed by atoms with Crippen molar-refractivity contribution in [3.05, 3.63) is 71.4 Å². The van der Waals surface area contributed by atoms with Crippen LogP contribution in [0.1, 0.15) is 28.4 Å². The molecule has 0 saturated carbocycles. The van der Waals surface area contributed by atoms with Crippen LogP contribution in [0.4, 0.5) is 5.82 Å². The summed E-state index contributed by atoms with van der Waals surface area (Å²) in [5.41, 5.74) is 3.80. The molecule has 0 amide bonds. The molecule has 0 bridgehead atoms. The Hall–Kier alpha value is -3.33. The van der Waals surface area contributed by atoms with E-state index in [9.17, 15) is 5.26 Å². The number of hydrogen-bond acceptors (Lipinski definition) is 5. The molecule has 3 aromatic rings. The molecular formula is C19H17N5O. The number of methoxy groups -OCH3 is 1. The van der Waals surface area contributed by atoms with Gasteiger partial charge in [0.2, 0.25) is 0 Å². The number of imidazole rings is 1. The van der Waals surface area contributed by atoms with Crippen molar-refractivity contribution in [3.8, 4) is 11.8 Å². The molecule has 6 nitrogen and oxygen atoms in total. The van der Waals surface area contributed by atoms with Crippen molar-refractivity contribution in [2.45, 2.75) is 12.5 Å². The number of aromatic nitrogens is 3. The lowest BCUT2D eigenvalue weighted by Gasteiger charge is -2.33. The van der Waals surface area contributed by atoms with Gasteiger partial charge in [0.15, 0.2) is 0 Å². The summed E-state index contributed by atoms with van der Waals surface area (Å²) in [4.78, 5) is 14.3. The lowest BCUT2D eigenvalue weighted by molar-refractivity contribution is 0.414. The van der Waals surface area contributed by atoms with Gasteiger partial charge in [-0.1, -0.05) is 12.1 Å². The average molecular weight is 331 g/mol. The molecule has 2 aromatic heterocycles. The molecule has 0 fully saturated rings. The highest BCUT2D eigenvalue weighted by atomic mass is 16.5. The maximum atomic E-state index is 9.40. The molecule has 1 aliphatic rings. The second-order valence-electron chi connectivity index (χ2n) is 5.96. The van der Waals surface area contributed by atoms with Crippen molar-refractivity contribution in [2.24, 2.45) is 0 Å². The van der Waals surface area contributed by atoms with E-state index in [4.69, 9.17) is 4.74 Å². The van der Waals surface area contributed by atoms with Crippen molar-refractivity contribution >= 4 is 5.82 Å². The van der Waals surface area contributed by atoms with Crippen LogP contribution >= 0.6 is 0 Å². The molecule has 4 rings (SSSR count). The molecule has 25 heavy (non-hydrogen) atoms. The zero-order chi connectivity index (χ0) is 17.2. The Kier molecular flexibility index (Phi) is 3.82. The molecule has 0 aliphatic carbocycles. The highest BCUT2D eigenvalue weighted by Crippen LogP contribution is 2.35. The van der Waals surface area contributed by atoms with E-state index in [0.29, 0.717) is 24.5 Å². The number of nitriles is 1. The standard InChI is InChI=1S/C19H17N5O/c1-25-15-6-2-4-13(8-15)16-10-24(11-17-18(16)23-12-22-17)19-14(9-20)5-3-7-21-19/h2-8,12,16H,10-11H2,1H3,(H,22,23). The molecule has 0 saturated heterocycles. The van der Waals surface area contributed by atoms with Crippen LogP contribution in [0.25, 0.3) is 0 Å². The Bertz CT molecular complexity index is 943. The van der Waals surface area contributed by atoms with Crippen LogP contribution in [-0.4, -0.2) is 28.6 Å². The third kappa shape index (κ3) is 2.70. The minimum atomic E-state index is 0.0821. The Labute approximate surface area is 145 Å². The molecule has 0 radical (unpaired) electrons. The van der Waals surface area contributed by atoms with Crippen LogP contribution in [0.5, 0.6) is 5.75 Å². The van der Waals surface area contributed by atoms with Gasteiger partial charge in [-0.05, 0) is 29.8 Å². The summed E-state index contributed by atoms with van der Waals surface area (Å²) >= 11 is 0. The minimum Gasteiger partial charge on any atom is -0.497 e. The maximum absolute atomic E-state index is 9.40. The number of fused-ring (bicyclic) bond motifs is 1. The number of anilines is 1. The van der Waals surface area contributed by atoms with Crippen LogP contribution in [0.2, 0.25) is 0 Å². The maximum Gasteiger partial charge on any atom is 0.146 e. The first-order valence-corrected chi connectivity index (χ1v) is 8.06. The quantitative estimate of drug-likeness (QED) is 0.798. The number of pyridine rings is 1. The van der Waals surface area contributed by atoms with Crippen molar-refractivity contribution in [3.63, 3.8) is 0 Å². The summed E-state index contributed by atoms with van der Waals surface area (Å²) in [5.74, 6) is 1.61. The fourth-order valence-electron chi connectivity index (χ4n) is 3.34. The summed E-state index contributed by atoms with van der Waals surface area (Å²) in [6.45, 7) is 1.36. The molecule has 1 atom stereocenters. The highest BCUT2D eigenvalue weighted by molar-refractivity contribution is 5.56. The van der Waals surface area contributed by atoms with Crippen molar-refractivity contribution in [2.75, 3.05) is 18.6 Å². The lowest BCUT2D eigenvalue weighted by atomic mass is 9.90. The Morgan fingerprint density at radius 2 is 2.20 bits per heavy atom. The van der Waals surface area contributed by atoms with E-state index in [0.717, 1.165) is 22.7 Å². The summed E-state index contributed by atoms with van der Waals surface area (Å²) in [7, 11) is 1.67. The number of aromatic amines is 1. The number of hydrogen-bond donors (Lipinski definition) is 1. The van der Waals surface area contributed by atoms with E-state index in [1.807, 2.05) is 18.2 Å². The van der Waals surface area contributed by atoms with Gasteiger partial charge in [0.1, 0.15) is 17.6 Å². The minimum absolute atomic E-state index is 0.0821. The van der Waals surface area contributed by atoms with Gasteiger partial charge in [0, 0.05) is 18.7 Å². The van der Waals surface area contributed by atoms with Crippen LogP contribution in [0.3, 0.4) is 0 Å². The number of ether oxygens (including phenoxy) is 1. The summed E-state index contributed by atoms with van der Waals surface area (Å²) in [5, 5.41) is 9.40. The fraction of sp³-hybridized carbons (Fsp3) is 0.211. The smallest absolute Gasteiger partial charge is 0.146 e. The number of nitrogens with one attached hydrogen (secondary N) is 1. The molecule has 6 heteroatoms. The lowest BCUT2D eigenvalue weighted by Crippen LogP contribution is -2.35. The highest BCUT2D eigenvalue weighted by Gasteiger charge is 2.30. The van der Waals surface area contributed by atoms with E-state index in [1.54, 1.807) is 31.8 Å². The molecule has 1 aliphatic heterocycles. The number of benzene rings is 1. The summed E-state index contributed by atoms with van der Waals surface area (Å²) in [6, 6.07) is 13.9. The summed E-state index contributed by atoms with van der Waals surface area (Å²) in [6.07, 6.45) is 3.45. The van der Waals surface area contributed by atoms with E-state index in [1.165, 1.54) is 0 Å². The zero-order valence-electron chi connectivity index (χ0n) is 13.8. The molecular weight excluding hydrogens is 314 g/mol. The molecule has 1 aromatic carbocycles. The van der Waals surface area contributed by atoms with Gasteiger partial charge in [-0.15, -0.1) is 0 Å². The SMILES string of the molecule is COc1cccc(C2CN(c3ncccc3C#N)Cc3[nH]cnc32)c1. The van der Waals surface area contributed by atoms with E-state index in [-0.39, 0.29) is 5.92 Å². The third-order valence-electron chi connectivity index (χ3n) is 4.54. The van der Waals surface area contributed by atoms with E-state index < -0.39 is 0 Å². The first-order chi connectivity index (χ1) is 12.3. The molecule has 1 N–H and O–H groups in total. The Morgan fingerprint density at radius 1 is 1.28 bits per heavy atom. The second kappa shape index (κ2) is 6.29. The van der Waals surface area contributed by atoms with Gasteiger partial charge >= 0.3 is 0 Å². The molecule has 0 spiro atoms. The number of rotatable bonds is 3. The molecule has 3 heterocycles. The molecule has 124 valence electrons. The van der Waals surface area contributed by atoms with E-state index in [2.05, 4.69) is 32.0 Å². The van der Waals surface area contributed by atoms with Crippen molar-refractivity contribution < 1.29 is 4.74 Å². The van der Waals surface area contributed by atoms with Crippen LogP contribution in [0, 0.1) is 11.3 Å². The normalized spacial score (nSPS) is 16.2. The van der Waals surface area contributed by atoms with Gasteiger partial charge in [0.05, 0.1) is 36.9 Å². The number of nitrogens with zero attached hydrogens (tertiary/aromatic N) is 4. The largest absolute Gasteiger partial charge is 0.497 e. The fourth-order valence-corrected chi connectivity index (χ4v) is 3.34. The average Bonchev–Trinajstić information content (AvgIpc) is 3.15. The topological polar surface area (TPSA) is 77.8 Å². The Balaban J connectivity index is 1.77. The van der Waals surface area contributed by atoms with Crippen molar-refractivity contribution in [1.82, 2.24) is 15.0 Å². The monoisotopic (exact) mass is 331 g/mol. The van der Waals surface area contributed by atoms with Crippen molar-refractivity contribution in [1.29, 1.82) is 5.26 Å². The van der Waals surface area contributed by atoms with Crippen LogP contribution < -0.4 is 9.64 Å². The van der Waals surface area contributed by atoms with Crippen LogP contribution in [0.15, 0.2) is 48.9 Å².